The summed E-state index contributed by atoms with van der Waals surface area (Å²) in [5.74, 6) is 0.836. The Hall–Kier alpha value is -0.610. The summed E-state index contributed by atoms with van der Waals surface area (Å²) >= 11 is 0. The zero-order chi connectivity index (χ0) is 14.1. The van der Waals surface area contributed by atoms with Crippen LogP contribution in [0.1, 0.15) is 52.4 Å². The first-order valence-corrected chi connectivity index (χ1v) is 7.91. The Morgan fingerprint density at radius 1 is 1.32 bits per heavy atom. The number of carbonyl (C=O) groups is 1. The van der Waals surface area contributed by atoms with Crippen molar-refractivity contribution in [3.05, 3.63) is 0 Å². The molecule has 0 bridgehead atoms. The van der Waals surface area contributed by atoms with Crippen LogP contribution in [0.3, 0.4) is 0 Å². The van der Waals surface area contributed by atoms with E-state index in [4.69, 9.17) is 5.73 Å². The average Bonchev–Trinajstić information content (AvgIpc) is 2.44. The number of amides is 1. The predicted octanol–water partition coefficient (Wildman–Crippen LogP) is 1.74. The fourth-order valence-corrected chi connectivity index (χ4v) is 2.82. The van der Waals surface area contributed by atoms with Gasteiger partial charge in [-0.2, -0.15) is 0 Å². The number of hydrogen-bond acceptors (Lipinski definition) is 3. The minimum atomic E-state index is 0.227. The lowest BCUT2D eigenvalue weighted by Crippen LogP contribution is -2.44. The summed E-state index contributed by atoms with van der Waals surface area (Å²) in [6.07, 6.45) is 6.00. The van der Waals surface area contributed by atoms with Gasteiger partial charge in [-0.3, -0.25) is 4.79 Å². The van der Waals surface area contributed by atoms with E-state index in [1.165, 1.54) is 0 Å². The molecule has 112 valence electrons. The summed E-state index contributed by atoms with van der Waals surface area (Å²) in [5, 5.41) is 3.19. The van der Waals surface area contributed by atoms with Crippen LogP contribution in [-0.2, 0) is 4.79 Å². The molecule has 0 radical (unpaired) electrons. The first-order chi connectivity index (χ1) is 9.19. The van der Waals surface area contributed by atoms with E-state index in [1.54, 1.807) is 0 Å². The molecule has 0 saturated carbocycles. The fraction of sp³-hybridized carbons (Fsp3) is 0.933. The van der Waals surface area contributed by atoms with E-state index in [2.05, 4.69) is 24.1 Å². The molecule has 1 heterocycles. The van der Waals surface area contributed by atoms with E-state index in [0.717, 1.165) is 58.3 Å². The molecule has 0 aliphatic carbocycles. The van der Waals surface area contributed by atoms with Crippen LogP contribution in [0.2, 0.25) is 0 Å². The first-order valence-electron chi connectivity index (χ1n) is 7.91. The lowest BCUT2D eigenvalue weighted by atomic mass is 9.96. The van der Waals surface area contributed by atoms with Gasteiger partial charge < -0.3 is 16.0 Å². The Morgan fingerprint density at radius 2 is 2.00 bits per heavy atom. The van der Waals surface area contributed by atoms with Gasteiger partial charge in [0.05, 0.1) is 0 Å². The van der Waals surface area contributed by atoms with E-state index >= 15 is 0 Å². The lowest BCUT2D eigenvalue weighted by molar-refractivity contribution is -0.122. The van der Waals surface area contributed by atoms with Gasteiger partial charge in [0.25, 0.3) is 0 Å². The second kappa shape index (κ2) is 9.32. The van der Waals surface area contributed by atoms with Crippen molar-refractivity contribution in [1.29, 1.82) is 0 Å². The average molecular weight is 269 g/mol. The summed E-state index contributed by atoms with van der Waals surface area (Å²) in [7, 11) is 0. The third kappa shape index (κ3) is 6.39. The molecule has 3 N–H and O–H groups in total. The van der Waals surface area contributed by atoms with Gasteiger partial charge in [0.1, 0.15) is 0 Å². The molecule has 0 aromatic heterocycles. The van der Waals surface area contributed by atoms with Crippen LogP contribution in [0.5, 0.6) is 0 Å². The maximum atomic E-state index is 11.9. The van der Waals surface area contributed by atoms with Crippen LogP contribution < -0.4 is 11.1 Å². The lowest BCUT2D eigenvalue weighted by Gasteiger charge is -2.31. The zero-order valence-corrected chi connectivity index (χ0v) is 12.7. The van der Waals surface area contributed by atoms with Gasteiger partial charge in [0, 0.05) is 25.6 Å². The van der Waals surface area contributed by atoms with Crippen LogP contribution in [0, 0.1) is 5.92 Å². The molecule has 1 saturated heterocycles. The molecule has 4 heteroatoms. The molecular formula is C15H31N3O. The van der Waals surface area contributed by atoms with Crippen molar-refractivity contribution in [2.75, 3.05) is 26.2 Å². The van der Waals surface area contributed by atoms with Crippen molar-refractivity contribution in [2.45, 2.75) is 58.4 Å². The smallest absolute Gasteiger partial charge is 0.220 e. The van der Waals surface area contributed by atoms with E-state index in [9.17, 15) is 4.79 Å². The maximum Gasteiger partial charge on any atom is 0.220 e. The number of rotatable bonds is 8. The number of likely N-dealkylation sites (tertiary alicyclic amines) is 1. The van der Waals surface area contributed by atoms with Crippen LogP contribution >= 0.6 is 0 Å². The molecule has 1 fully saturated rings. The predicted molar refractivity (Wildman–Crippen MR) is 80.0 cm³/mol. The van der Waals surface area contributed by atoms with Crippen LogP contribution in [0.4, 0.5) is 0 Å². The topological polar surface area (TPSA) is 58.4 Å². The highest BCUT2D eigenvalue weighted by Crippen LogP contribution is 2.15. The molecular weight excluding hydrogens is 238 g/mol. The van der Waals surface area contributed by atoms with Gasteiger partial charge in [0.2, 0.25) is 5.91 Å². The maximum absolute atomic E-state index is 11.9. The molecule has 0 aromatic rings. The number of carbonyl (C=O) groups excluding carboxylic acids is 1. The fourth-order valence-electron chi connectivity index (χ4n) is 2.82. The summed E-state index contributed by atoms with van der Waals surface area (Å²) in [6.45, 7) is 8.46. The quantitative estimate of drug-likeness (QED) is 0.706. The number of nitrogens with one attached hydrogen (secondary N) is 1. The van der Waals surface area contributed by atoms with E-state index in [1.807, 2.05) is 0 Å². The highest BCUT2D eigenvalue weighted by Gasteiger charge is 2.19. The van der Waals surface area contributed by atoms with Crippen LogP contribution in [-0.4, -0.2) is 43.0 Å². The second-order valence-electron chi connectivity index (χ2n) is 5.67. The van der Waals surface area contributed by atoms with Crippen molar-refractivity contribution in [3.8, 4) is 0 Å². The second-order valence-corrected chi connectivity index (χ2v) is 5.67. The molecule has 1 aliphatic rings. The Labute approximate surface area is 118 Å². The number of nitrogens with two attached hydrogens (primary N) is 1. The molecule has 0 aromatic carbocycles. The minimum Gasteiger partial charge on any atom is -0.353 e. The first kappa shape index (κ1) is 16.4. The van der Waals surface area contributed by atoms with Gasteiger partial charge in [-0.05, 0) is 44.7 Å². The van der Waals surface area contributed by atoms with E-state index < -0.39 is 0 Å². The molecule has 19 heavy (non-hydrogen) atoms. The molecule has 1 aliphatic heterocycles. The van der Waals surface area contributed by atoms with Crippen LogP contribution in [0.15, 0.2) is 0 Å². The zero-order valence-electron chi connectivity index (χ0n) is 12.7. The Bertz CT molecular complexity index is 250. The summed E-state index contributed by atoms with van der Waals surface area (Å²) in [5.41, 5.74) is 5.58. The van der Waals surface area contributed by atoms with Crippen molar-refractivity contribution in [3.63, 3.8) is 0 Å². The van der Waals surface area contributed by atoms with Crippen molar-refractivity contribution in [1.82, 2.24) is 10.2 Å². The van der Waals surface area contributed by atoms with Crippen molar-refractivity contribution in [2.24, 2.45) is 11.7 Å². The molecule has 4 nitrogen and oxygen atoms in total. The van der Waals surface area contributed by atoms with Crippen LogP contribution in [0.25, 0.3) is 0 Å². The third-order valence-electron chi connectivity index (χ3n) is 4.33. The largest absolute Gasteiger partial charge is 0.353 e. The normalized spacial score (nSPS) is 19.3. The Kier molecular flexibility index (Phi) is 8.07. The highest BCUT2D eigenvalue weighted by atomic mass is 16.1. The number of piperidine rings is 1. The molecule has 1 rings (SSSR count). The monoisotopic (exact) mass is 269 g/mol. The third-order valence-corrected chi connectivity index (χ3v) is 4.33. The SMILES string of the molecule is CCC(CCN)CCC(=O)NC1CCN(CC)CC1. The molecule has 1 atom stereocenters. The van der Waals surface area contributed by atoms with E-state index in [0.29, 0.717) is 18.4 Å². The highest BCUT2D eigenvalue weighted by molar-refractivity contribution is 5.76. The molecule has 0 spiro atoms. The Balaban J connectivity index is 2.17. The van der Waals surface area contributed by atoms with Crippen molar-refractivity contribution < 1.29 is 4.79 Å². The number of nitrogens with zero attached hydrogens (tertiary/aromatic N) is 1. The summed E-state index contributed by atoms with van der Waals surface area (Å²) in [4.78, 5) is 14.4. The van der Waals surface area contributed by atoms with Gasteiger partial charge in [-0.15, -0.1) is 0 Å². The van der Waals surface area contributed by atoms with Gasteiger partial charge in [-0.25, -0.2) is 0 Å². The number of hydrogen-bond donors (Lipinski definition) is 2. The Morgan fingerprint density at radius 3 is 2.53 bits per heavy atom. The van der Waals surface area contributed by atoms with E-state index in [-0.39, 0.29) is 5.91 Å². The standard InChI is InChI=1S/C15H31N3O/c1-3-13(7-10-16)5-6-15(19)17-14-8-11-18(4-2)12-9-14/h13-14H,3-12,16H2,1-2H3,(H,17,19). The van der Waals surface area contributed by atoms with Crippen molar-refractivity contribution >= 4 is 5.91 Å². The molecule has 1 amide bonds. The summed E-state index contributed by atoms with van der Waals surface area (Å²) < 4.78 is 0. The minimum absolute atomic E-state index is 0.227. The van der Waals surface area contributed by atoms with Gasteiger partial charge in [0.15, 0.2) is 0 Å². The summed E-state index contributed by atoms with van der Waals surface area (Å²) in [6, 6.07) is 0.393. The van der Waals surface area contributed by atoms with Gasteiger partial charge >= 0.3 is 0 Å². The molecule has 1 unspecified atom stereocenters. The van der Waals surface area contributed by atoms with Gasteiger partial charge in [-0.1, -0.05) is 20.3 Å².